The van der Waals surface area contributed by atoms with E-state index in [1.165, 1.54) is 30.9 Å². The first-order valence-corrected chi connectivity index (χ1v) is 7.21. The molecule has 3 rings (SSSR count). The van der Waals surface area contributed by atoms with Crippen LogP contribution < -0.4 is 5.32 Å². The lowest BCUT2D eigenvalue weighted by atomic mass is 9.95. The average molecular weight is 249 g/mol. The second-order valence-corrected chi connectivity index (χ2v) is 5.78. The van der Waals surface area contributed by atoms with Crippen molar-refractivity contribution < 1.29 is 5.11 Å². The third-order valence-corrected chi connectivity index (χ3v) is 4.40. The number of piperidine rings is 1. The van der Waals surface area contributed by atoms with E-state index in [0.717, 1.165) is 38.3 Å². The van der Waals surface area contributed by atoms with Crippen LogP contribution in [0.2, 0.25) is 0 Å². The van der Waals surface area contributed by atoms with Crippen LogP contribution in [0.25, 0.3) is 0 Å². The summed E-state index contributed by atoms with van der Waals surface area (Å²) in [6.45, 7) is 3.57. The zero-order valence-electron chi connectivity index (χ0n) is 10.9. The lowest BCUT2D eigenvalue weighted by Crippen LogP contribution is -2.32. The summed E-state index contributed by atoms with van der Waals surface area (Å²) in [7, 11) is 0. The average Bonchev–Trinajstić information content (AvgIpc) is 2.82. The van der Waals surface area contributed by atoms with Crippen molar-refractivity contribution in [1.29, 1.82) is 0 Å². The molecule has 4 heteroatoms. The van der Waals surface area contributed by atoms with Crippen LogP contribution in [0.4, 0.5) is 0 Å². The summed E-state index contributed by atoms with van der Waals surface area (Å²) in [5.74, 6) is 2.39. The van der Waals surface area contributed by atoms with Gasteiger partial charge < -0.3 is 15.0 Å². The zero-order chi connectivity index (χ0) is 12.4. The maximum Gasteiger partial charge on any atom is 0.109 e. The smallest absolute Gasteiger partial charge is 0.109 e. The molecule has 3 heterocycles. The van der Waals surface area contributed by atoms with Gasteiger partial charge in [0.05, 0.1) is 0 Å². The van der Waals surface area contributed by atoms with Crippen molar-refractivity contribution in [2.24, 2.45) is 11.8 Å². The third kappa shape index (κ3) is 2.45. The van der Waals surface area contributed by atoms with Gasteiger partial charge in [-0.1, -0.05) is 0 Å². The molecule has 1 saturated heterocycles. The first-order valence-electron chi connectivity index (χ1n) is 7.21. The Morgan fingerprint density at radius 3 is 3.11 bits per heavy atom. The molecule has 0 bridgehead atoms. The van der Waals surface area contributed by atoms with Crippen LogP contribution >= 0.6 is 0 Å². The zero-order valence-corrected chi connectivity index (χ0v) is 10.9. The maximum absolute atomic E-state index is 9.32. The molecule has 2 unspecified atom stereocenters. The number of rotatable bonds is 3. The lowest BCUT2D eigenvalue weighted by molar-refractivity contribution is 0.189. The first-order chi connectivity index (χ1) is 8.86. The molecule has 1 aromatic rings. The van der Waals surface area contributed by atoms with Crippen LogP contribution in [0, 0.1) is 11.8 Å². The van der Waals surface area contributed by atoms with E-state index in [1.54, 1.807) is 0 Å². The molecule has 0 saturated carbocycles. The van der Waals surface area contributed by atoms with Gasteiger partial charge in [-0.25, -0.2) is 4.98 Å². The van der Waals surface area contributed by atoms with Gasteiger partial charge in [0, 0.05) is 37.4 Å². The molecule has 2 atom stereocenters. The molecule has 1 fully saturated rings. The van der Waals surface area contributed by atoms with Crippen molar-refractivity contribution in [2.75, 3.05) is 19.7 Å². The summed E-state index contributed by atoms with van der Waals surface area (Å²) < 4.78 is 2.36. The van der Waals surface area contributed by atoms with E-state index in [4.69, 9.17) is 0 Å². The minimum Gasteiger partial charge on any atom is -0.396 e. The van der Waals surface area contributed by atoms with Crippen molar-refractivity contribution in [1.82, 2.24) is 14.9 Å². The molecule has 4 nitrogen and oxygen atoms in total. The summed E-state index contributed by atoms with van der Waals surface area (Å²) in [6.07, 6.45) is 7.91. The predicted molar refractivity (Wildman–Crippen MR) is 70.4 cm³/mol. The van der Waals surface area contributed by atoms with Gasteiger partial charge in [0.2, 0.25) is 0 Å². The van der Waals surface area contributed by atoms with E-state index in [0.29, 0.717) is 12.5 Å². The van der Waals surface area contributed by atoms with Gasteiger partial charge in [-0.15, -0.1) is 0 Å². The summed E-state index contributed by atoms with van der Waals surface area (Å²) in [5, 5.41) is 12.8. The Kier molecular flexibility index (Phi) is 3.66. The summed E-state index contributed by atoms with van der Waals surface area (Å²) >= 11 is 0. The number of aliphatic hydroxyl groups excluding tert-OH is 1. The molecule has 0 aromatic carbocycles. The molecule has 2 N–H and O–H groups in total. The van der Waals surface area contributed by atoms with E-state index in [-0.39, 0.29) is 0 Å². The molecule has 18 heavy (non-hydrogen) atoms. The van der Waals surface area contributed by atoms with Crippen LogP contribution in [0.15, 0.2) is 6.20 Å². The number of fused-ring (bicyclic) bond motifs is 1. The fourth-order valence-electron chi connectivity index (χ4n) is 3.25. The molecule has 0 aliphatic carbocycles. The second-order valence-electron chi connectivity index (χ2n) is 5.78. The van der Waals surface area contributed by atoms with E-state index in [2.05, 4.69) is 14.9 Å². The Bertz CT molecular complexity index is 396. The first kappa shape index (κ1) is 12.2. The van der Waals surface area contributed by atoms with Gasteiger partial charge in [0.1, 0.15) is 5.82 Å². The molecule has 2 aliphatic rings. The maximum atomic E-state index is 9.32. The second kappa shape index (κ2) is 5.41. The fraction of sp³-hybridized carbons (Fsp3) is 0.786. The van der Waals surface area contributed by atoms with Crippen molar-refractivity contribution in [2.45, 2.75) is 38.6 Å². The number of hydrogen-bond donors (Lipinski definition) is 2. The number of nitrogens with one attached hydrogen (secondary N) is 1. The van der Waals surface area contributed by atoms with E-state index >= 15 is 0 Å². The molecule has 2 aliphatic heterocycles. The lowest BCUT2D eigenvalue weighted by Gasteiger charge is -2.26. The Morgan fingerprint density at radius 2 is 2.33 bits per heavy atom. The molecule has 100 valence electrons. The van der Waals surface area contributed by atoms with Crippen LogP contribution in [0.3, 0.4) is 0 Å². The van der Waals surface area contributed by atoms with E-state index in [1.807, 2.05) is 6.20 Å². The number of aliphatic hydroxyl groups is 1. The largest absolute Gasteiger partial charge is 0.396 e. The van der Waals surface area contributed by atoms with Crippen LogP contribution in [0.1, 0.15) is 30.8 Å². The molecular formula is C14H23N3O. The predicted octanol–water partition coefficient (Wildman–Crippen LogP) is 0.980. The van der Waals surface area contributed by atoms with Gasteiger partial charge in [0.15, 0.2) is 0 Å². The van der Waals surface area contributed by atoms with Crippen molar-refractivity contribution in [3.8, 4) is 0 Å². The summed E-state index contributed by atoms with van der Waals surface area (Å²) in [5.41, 5.74) is 1.36. The molecule has 0 amide bonds. The molecule has 0 spiro atoms. The quantitative estimate of drug-likeness (QED) is 0.839. The highest BCUT2D eigenvalue weighted by molar-refractivity contribution is 5.09. The van der Waals surface area contributed by atoms with Crippen molar-refractivity contribution in [3.63, 3.8) is 0 Å². The molecule has 0 radical (unpaired) electrons. The monoisotopic (exact) mass is 249 g/mol. The Balaban J connectivity index is 1.71. The highest BCUT2D eigenvalue weighted by Gasteiger charge is 2.23. The SMILES string of the molecule is OCC1CCc2cnc(CC3CCCNC3)n2C1. The number of aryl methyl sites for hydroxylation is 1. The highest BCUT2D eigenvalue weighted by Crippen LogP contribution is 2.23. The third-order valence-electron chi connectivity index (χ3n) is 4.40. The fourth-order valence-corrected chi connectivity index (χ4v) is 3.25. The Hall–Kier alpha value is -0.870. The number of hydrogen-bond acceptors (Lipinski definition) is 3. The number of aromatic nitrogens is 2. The highest BCUT2D eigenvalue weighted by atomic mass is 16.3. The van der Waals surface area contributed by atoms with Gasteiger partial charge in [0.25, 0.3) is 0 Å². The normalized spacial score (nSPS) is 28.1. The van der Waals surface area contributed by atoms with Crippen molar-refractivity contribution in [3.05, 3.63) is 17.7 Å². The number of nitrogens with zero attached hydrogens (tertiary/aromatic N) is 2. The van der Waals surface area contributed by atoms with Gasteiger partial charge in [-0.3, -0.25) is 0 Å². The summed E-state index contributed by atoms with van der Waals surface area (Å²) in [4.78, 5) is 4.61. The van der Waals surface area contributed by atoms with E-state index in [9.17, 15) is 5.11 Å². The van der Waals surface area contributed by atoms with Crippen LogP contribution in [-0.4, -0.2) is 34.4 Å². The minimum atomic E-state index is 0.308. The van der Waals surface area contributed by atoms with E-state index < -0.39 is 0 Å². The van der Waals surface area contributed by atoms with Crippen LogP contribution in [-0.2, 0) is 19.4 Å². The molecular weight excluding hydrogens is 226 g/mol. The topological polar surface area (TPSA) is 50.1 Å². The standard InChI is InChI=1S/C14H23N3O/c18-10-12-3-4-13-8-16-14(17(13)9-12)6-11-2-1-5-15-7-11/h8,11-12,15,18H,1-7,9-10H2. The Morgan fingerprint density at radius 1 is 1.39 bits per heavy atom. The van der Waals surface area contributed by atoms with Gasteiger partial charge in [-0.05, 0) is 44.7 Å². The van der Waals surface area contributed by atoms with Gasteiger partial charge in [-0.2, -0.15) is 0 Å². The summed E-state index contributed by atoms with van der Waals surface area (Å²) in [6, 6.07) is 0. The molecule has 1 aromatic heterocycles. The number of imidazole rings is 1. The van der Waals surface area contributed by atoms with Gasteiger partial charge >= 0.3 is 0 Å². The Labute approximate surface area is 108 Å². The van der Waals surface area contributed by atoms with Crippen molar-refractivity contribution >= 4 is 0 Å². The van der Waals surface area contributed by atoms with Crippen LogP contribution in [0.5, 0.6) is 0 Å². The minimum absolute atomic E-state index is 0.308.